The summed E-state index contributed by atoms with van der Waals surface area (Å²) >= 11 is 0. The first kappa shape index (κ1) is 26.2. The van der Waals surface area contributed by atoms with E-state index in [1.807, 2.05) is 45.9 Å². The number of piperazine rings is 1. The van der Waals surface area contributed by atoms with Crippen molar-refractivity contribution in [3.8, 4) is 0 Å². The third-order valence-corrected chi connectivity index (χ3v) is 5.62. The number of aryl methyl sites for hydroxylation is 1. The van der Waals surface area contributed by atoms with Crippen LogP contribution in [-0.4, -0.2) is 79.4 Å². The minimum atomic E-state index is -0.710. The highest BCUT2D eigenvalue weighted by molar-refractivity contribution is 5.83. The standard InChI is InChI=1S/C24H36N4O5/c1-18-8-9-20(26-10-12-27(13-11-26)23(32)33-24(2,3)4)15-19(18)16-28(17-30)21(7-6-14-29)22(31)25-5/h8-9,14-15,17,21H,6-7,10-13,16H2,1-5H3,(H,25,31). The van der Waals surface area contributed by atoms with Gasteiger partial charge in [-0.3, -0.25) is 9.59 Å². The molecule has 182 valence electrons. The van der Waals surface area contributed by atoms with Gasteiger partial charge in [-0.1, -0.05) is 6.07 Å². The van der Waals surface area contributed by atoms with Crippen LogP contribution < -0.4 is 10.2 Å². The van der Waals surface area contributed by atoms with Gasteiger partial charge in [0.1, 0.15) is 17.9 Å². The fourth-order valence-corrected chi connectivity index (χ4v) is 3.76. The summed E-state index contributed by atoms with van der Waals surface area (Å²) < 4.78 is 5.46. The van der Waals surface area contributed by atoms with Crippen LogP contribution in [0.25, 0.3) is 0 Å². The Labute approximate surface area is 196 Å². The molecule has 1 N–H and O–H groups in total. The van der Waals surface area contributed by atoms with Crippen molar-refractivity contribution in [1.29, 1.82) is 0 Å². The van der Waals surface area contributed by atoms with Gasteiger partial charge in [-0.25, -0.2) is 4.79 Å². The number of nitrogens with one attached hydrogen (secondary N) is 1. The van der Waals surface area contributed by atoms with Crippen molar-refractivity contribution in [3.63, 3.8) is 0 Å². The van der Waals surface area contributed by atoms with E-state index < -0.39 is 11.6 Å². The van der Waals surface area contributed by atoms with Gasteiger partial charge in [0.05, 0.1) is 0 Å². The maximum absolute atomic E-state index is 12.3. The Hall–Kier alpha value is -3.10. The second kappa shape index (κ2) is 11.7. The smallest absolute Gasteiger partial charge is 0.410 e. The number of carbonyl (C=O) groups is 4. The monoisotopic (exact) mass is 460 g/mol. The Morgan fingerprint density at radius 3 is 2.39 bits per heavy atom. The zero-order chi connectivity index (χ0) is 24.6. The first-order chi connectivity index (χ1) is 15.6. The van der Waals surface area contributed by atoms with E-state index in [9.17, 15) is 19.2 Å². The lowest BCUT2D eigenvalue weighted by Crippen LogP contribution is -2.50. The summed E-state index contributed by atoms with van der Waals surface area (Å²) in [5.41, 5.74) is 2.40. The third-order valence-electron chi connectivity index (χ3n) is 5.62. The Morgan fingerprint density at radius 1 is 1.18 bits per heavy atom. The van der Waals surface area contributed by atoms with Crippen LogP contribution >= 0.6 is 0 Å². The van der Waals surface area contributed by atoms with Gasteiger partial charge in [0.25, 0.3) is 0 Å². The highest BCUT2D eigenvalue weighted by Gasteiger charge is 2.27. The average Bonchev–Trinajstić information content (AvgIpc) is 2.78. The van der Waals surface area contributed by atoms with Crippen molar-refractivity contribution in [3.05, 3.63) is 29.3 Å². The first-order valence-electron chi connectivity index (χ1n) is 11.3. The Balaban J connectivity index is 2.11. The molecule has 1 fully saturated rings. The number of likely N-dealkylation sites (N-methyl/N-ethyl adjacent to an activating group) is 1. The lowest BCUT2D eigenvalue weighted by molar-refractivity contribution is -0.133. The van der Waals surface area contributed by atoms with Crippen LogP contribution in [0, 0.1) is 6.92 Å². The van der Waals surface area contributed by atoms with Crippen LogP contribution in [0.15, 0.2) is 18.2 Å². The quantitative estimate of drug-likeness (QED) is 0.567. The summed E-state index contributed by atoms with van der Waals surface area (Å²) in [6, 6.07) is 5.33. The largest absolute Gasteiger partial charge is 0.444 e. The molecule has 33 heavy (non-hydrogen) atoms. The van der Waals surface area contributed by atoms with Gasteiger partial charge in [-0.05, 0) is 57.4 Å². The van der Waals surface area contributed by atoms with E-state index >= 15 is 0 Å². The van der Waals surface area contributed by atoms with Gasteiger partial charge in [-0.2, -0.15) is 0 Å². The normalized spacial score (nSPS) is 14.9. The van der Waals surface area contributed by atoms with Gasteiger partial charge in [0.2, 0.25) is 12.3 Å². The maximum atomic E-state index is 12.3. The average molecular weight is 461 g/mol. The molecule has 1 aromatic carbocycles. The van der Waals surface area contributed by atoms with Crippen LogP contribution in [0.4, 0.5) is 10.5 Å². The second-order valence-electron chi connectivity index (χ2n) is 9.22. The maximum Gasteiger partial charge on any atom is 0.410 e. The molecule has 1 heterocycles. The molecule has 0 radical (unpaired) electrons. The highest BCUT2D eigenvalue weighted by Crippen LogP contribution is 2.23. The van der Waals surface area contributed by atoms with Crippen LogP contribution in [0.1, 0.15) is 44.7 Å². The fraction of sp³-hybridized carbons (Fsp3) is 0.583. The summed E-state index contributed by atoms with van der Waals surface area (Å²) in [7, 11) is 1.52. The molecule has 1 atom stereocenters. The molecule has 0 aliphatic carbocycles. The lowest BCUT2D eigenvalue weighted by atomic mass is 10.0. The van der Waals surface area contributed by atoms with E-state index in [-0.39, 0.29) is 31.4 Å². The van der Waals surface area contributed by atoms with Gasteiger partial charge in [0, 0.05) is 51.9 Å². The first-order valence-corrected chi connectivity index (χ1v) is 11.3. The number of carbonyl (C=O) groups excluding carboxylic acids is 4. The van der Waals surface area contributed by atoms with E-state index in [1.54, 1.807) is 4.90 Å². The summed E-state index contributed by atoms with van der Waals surface area (Å²) in [5, 5.41) is 2.57. The van der Waals surface area contributed by atoms with Gasteiger partial charge >= 0.3 is 6.09 Å². The van der Waals surface area contributed by atoms with Gasteiger partial charge in [0.15, 0.2) is 0 Å². The molecule has 1 aromatic rings. The number of hydrogen-bond donors (Lipinski definition) is 1. The molecule has 2 rings (SSSR count). The number of rotatable bonds is 9. The number of anilines is 1. The summed E-state index contributed by atoms with van der Waals surface area (Å²) in [6.07, 6.45) is 1.58. The third kappa shape index (κ3) is 7.47. The number of aldehydes is 1. The number of benzene rings is 1. The summed E-state index contributed by atoms with van der Waals surface area (Å²) in [5.74, 6) is -0.295. The summed E-state index contributed by atoms with van der Waals surface area (Å²) in [4.78, 5) is 52.6. The number of hydrogen-bond acceptors (Lipinski definition) is 6. The molecule has 0 saturated carbocycles. The van der Waals surface area contributed by atoms with Crippen molar-refractivity contribution in [1.82, 2.24) is 15.1 Å². The Bertz CT molecular complexity index is 844. The molecule has 0 spiro atoms. The molecular weight excluding hydrogens is 424 g/mol. The molecular formula is C24H36N4O5. The number of ether oxygens (including phenoxy) is 1. The summed E-state index contributed by atoms with van der Waals surface area (Å²) in [6.45, 7) is 10.2. The molecule has 1 saturated heterocycles. The van der Waals surface area contributed by atoms with E-state index in [1.165, 1.54) is 11.9 Å². The van der Waals surface area contributed by atoms with Gasteiger partial charge < -0.3 is 29.5 Å². The van der Waals surface area contributed by atoms with Gasteiger partial charge in [-0.15, -0.1) is 0 Å². The molecule has 0 aromatic heterocycles. The van der Waals surface area contributed by atoms with Crippen molar-refractivity contribution >= 4 is 30.4 Å². The van der Waals surface area contributed by atoms with E-state index in [0.29, 0.717) is 32.6 Å². The number of amides is 3. The van der Waals surface area contributed by atoms with E-state index in [4.69, 9.17) is 4.74 Å². The van der Waals surface area contributed by atoms with Crippen molar-refractivity contribution < 1.29 is 23.9 Å². The minimum absolute atomic E-state index is 0.198. The predicted molar refractivity (Wildman–Crippen MR) is 126 cm³/mol. The Morgan fingerprint density at radius 2 is 1.85 bits per heavy atom. The minimum Gasteiger partial charge on any atom is -0.444 e. The van der Waals surface area contributed by atoms with Crippen LogP contribution in [0.5, 0.6) is 0 Å². The van der Waals surface area contributed by atoms with Crippen LogP contribution in [0.3, 0.4) is 0 Å². The van der Waals surface area contributed by atoms with Crippen molar-refractivity contribution in [2.75, 3.05) is 38.1 Å². The highest BCUT2D eigenvalue weighted by atomic mass is 16.6. The lowest BCUT2D eigenvalue weighted by Gasteiger charge is -2.37. The van der Waals surface area contributed by atoms with E-state index in [0.717, 1.165) is 23.1 Å². The van der Waals surface area contributed by atoms with Crippen LogP contribution in [-0.2, 0) is 25.7 Å². The molecule has 1 aliphatic heterocycles. The Kier molecular flexibility index (Phi) is 9.25. The molecule has 3 amide bonds. The van der Waals surface area contributed by atoms with Crippen LogP contribution in [0.2, 0.25) is 0 Å². The van der Waals surface area contributed by atoms with Crippen molar-refractivity contribution in [2.24, 2.45) is 0 Å². The molecule has 1 aliphatic rings. The molecule has 0 bridgehead atoms. The second-order valence-corrected chi connectivity index (χ2v) is 9.22. The topological polar surface area (TPSA) is 99.3 Å². The number of nitrogens with zero attached hydrogens (tertiary/aromatic N) is 3. The molecule has 1 unspecified atom stereocenters. The van der Waals surface area contributed by atoms with E-state index in [2.05, 4.69) is 10.2 Å². The zero-order valence-electron chi connectivity index (χ0n) is 20.3. The predicted octanol–water partition coefficient (Wildman–Crippen LogP) is 2.10. The molecule has 9 nitrogen and oxygen atoms in total. The van der Waals surface area contributed by atoms with Crippen molar-refractivity contribution in [2.45, 2.75) is 58.7 Å². The SMILES string of the molecule is CNC(=O)C(CCC=O)N(C=O)Cc1cc(N2CCN(C(=O)OC(C)(C)C)CC2)ccc1C. The fourth-order valence-electron chi connectivity index (χ4n) is 3.76. The zero-order valence-corrected chi connectivity index (χ0v) is 20.3. The molecule has 9 heteroatoms.